The van der Waals surface area contributed by atoms with E-state index in [-0.39, 0.29) is 0 Å². The normalized spacial score (nSPS) is 11.7. The van der Waals surface area contributed by atoms with Crippen molar-refractivity contribution in [1.29, 1.82) is 0 Å². The molecule has 10 aromatic rings. The molecule has 0 spiro atoms. The molecular weight excluding hydrogens is 591 g/mol. The van der Waals surface area contributed by atoms with Gasteiger partial charge in [0.2, 0.25) is 0 Å². The van der Waals surface area contributed by atoms with Crippen molar-refractivity contribution in [2.45, 2.75) is 0 Å². The van der Waals surface area contributed by atoms with Crippen molar-refractivity contribution >= 4 is 38.1 Å². The van der Waals surface area contributed by atoms with Crippen LogP contribution in [-0.4, -0.2) is 4.40 Å². The average Bonchev–Trinajstić information content (AvgIpc) is 3.71. The lowest BCUT2D eigenvalue weighted by Gasteiger charge is -2.10. The van der Waals surface area contributed by atoms with E-state index in [1.54, 1.807) is 0 Å². The molecule has 1 heteroatoms. The zero-order valence-corrected chi connectivity index (χ0v) is 26.8. The van der Waals surface area contributed by atoms with E-state index in [9.17, 15) is 0 Å². The van der Waals surface area contributed by atoms with Gasteiger partial charge in [0.05, 0.1) is 16.6 Å². The summed E-state index contributed by atoms with van der Waals surface area (Å²) in [6.07, 6.45) is 0. The SMILES string of the molecule is c1ccc(-c2ccc(-c3ccc(-c4cccc(-c5cccc(-c6ccc7c(c6)c6cccc8c9ccccc9n7c86)c5)c4)cc3)cc2)cc1. The molecule has 228 valence electrons. The van der Waals surface area contributed by atoms with E-state index in [0.29, 0.717) is 0 Å². The summed E-state index contributed by atoms with van der Waals surface area (Å²) >= 11 is 0. The lowest BCUT2D eigenvalue weighted by Crippen LogP contribution is -1.85. The highest BCUT2D eigenvalue weighted by molar-refractivity contribution is 6.23. The Morgan fingerprint density at radius 3 is 1.20 bits per heavy atom. The third-order valence-electron chi connectivity index (χ3n) is 10.2. The van der Waals surface area contributed by atoms with Gasteiger partial charge in [-0.1, -0.05) is 158 Å². The molecule has 2 heterocycles. The molecule has 0 amide bonds. The molecule has 0 saturated heterocycles. The van der Waals surface area contributed by atoms with Crippen LogP contribution in [0.1, 0.15) is 0 Å². The molecule has 49 heavy (non-hydrogen) atoms. The van der Waals surface area contributed by atoms with E-state index in [1.165, 1.54) is 93.7 Å². The van der Waals surface area contributed by atoms with Gasteiger partial charge in [-0.2, -0.15) is 0 Å². The van der Waals surface area contributed by atoms with Gasteiger partial charge in [0.25, 0.3) is 0 Å². The van der Waals surface area contributed by atoms with Crippen LogP contribution < -0.4 is 0 Å². The lowest BCUT2D eigenvalue weighted by molar-refractivity contribution is 1.37. The van der Waals surface area contributed by atoms with Gasteiger partial charge in [-0.05, 0) is 86.0 Å². The number of hydrogen-bond donors (Lipinski definition) is 0. The van der Waals surface area contributed by atoms with Crippen LogP contribution in [0.2, 0.25) is 0 Å². The van der Waals surface area contributed by atoms with Gasteiger partial charge in [-0.15, -0.1) is 0 Å². The Bertz CT molecular complexity index is 2780. The number of fused-ring (bicyclic) bond motifs is 6. The second-order valence-electron chi connectivity index (χ2n) is 13.0. The topological polar surface area (TPSA) is 4.41 Å². The van der Waals surface area contributed by atoms with Crippen molar-refractivity contribution in [2.24, 2.45) is 0 Å². The van der Waals surface area contributed by atoms with Gasteiger partial charge in [-0.25, -0.2) is 0 Å². The first-order valence-electron chi connectivity index (χ1n) is 16.9. The second kappa shape index (κ2) is 11.1. The zero-order chi connectivity index (χ0) is 32.3. The first kappa shape index (κ1) is 27.7. The Kier molecular flexibility index (Phi) is 6.25. The van der Waals surface area contributed by atoms with Crippen molar-refractivity contribution < 1.29 is 0 Å². The van der Waals surface area contributed by atoms with Gasteiger partial charge in [-0.3, -0.25) is 0 Å². The van der Waals surface area contributed by atoms with Crippen molar-refractivity contribution in [1.82, 2.24) is 4.40 Å². The molecule has 2 aromatic heterocycles. The zero-order valence-electron chi connectivity index (χ0n) is 26.8. The minimum atomic E-state index is 1.21. The van der Waals surface area contributed by atoms with E-state index in [0.717, 1.165) is 0 Å². The highest BCUT2D eigenvalue weighted by Crippen LogP contribution is 2.40. The number of nitrogens with zero attached hydrogens (tertiary/aromatic N) is 1. The maximum atomic E-state index is 2.44. The van der Waals surface area contributed by atoms with Gasteiger partial charge < -0.3 is 4.40 Å². The van der Waals surface area contributed by atoms with Gasteiger partial charge in [0.15, 0.2) is 0 Å². The molecule has 0 aliphatic heterocycles. The smallest absolute Gasteiger partial charge is 0.0620 e. The average molecular weight is 622 g/mol. The summed E-state index contributed by atoms with van der Waals surface area (Å²) in [6.45, 7) is 0. The number of hydrogen-bond acceptors (Lipinski definition) is 0. The van der Waals surface area contributed by atoms with E-state index < -0.39 is 0 Å². The van der Waals surface area contributed by atoms with Crippen LogP contribution in [0.15, 0.2) is 188 Å². The van der Waals surface area contributed by atoms with E-state index in [4.69, 9.17) is 0 Å². The monoisotopic (exact) mass is 621 g/mol. The minimum Gasteiger partial charge on any atom is -0.308 e. The summed E-state index contributed by atoms with van der Waals surface area (Å²) in [5.74, 6) is 0. The summed E-state index contributed by atoms with van der Waals surface area (Å²) in [5, 5.41) is 5.24. The van der Waals surface area contributed by atoms with Crippen LogP contribution in [0.25, 0.3) is 93.7 Å². The Labute approximate surface area is 285 Å². The summed E-state index contributed by atoms with van der Waals surface area (Å²) in [7, 11) is 0. The fourth-order valence-electron chi connectivity index (χ4n) is 7.71. The van der Waals surface area contributed by atoms with Crippen molar-refractivity contribution in [3.63, 3.8) is 0 Å². The van der Waals surface area contributed by atoms with Crippen LogP contribution in [0.4, 0.5) is 0 Å². The highest BCUT2D eigenvalue weighted by atomic mass is 14.9. The van der Waals surface area contributed by atoms with Crippen LogP contribution in [0.5, 0.6) is 0 Å². The quantitative estimate of drug-likeness (QED) is 0.180. The molecule has 1 nitrogen and oxygen atoms in total. The molecule has 0 atom stereocenters. The van der Waals surface area contributed by atoms with Crippen molar-refractivity contribution in [3.05, 3.63) is 188 Å². The Hall–Kier alpha value is -6.44. The Balaban J connectivity index is 0.962. The maximum absolute atomic E-state index is 2.44. The van der Waals surface area contributed by atoms with Crippen LogP contribution in [-0.2, 0) is 0 Å². The Morgan fingerprint density at radius 2 is 0.592 bits per heavy atom. The molecule has 0 fully saturated rings. The van der Waals surface area contributed by atoms with Crippen molar-refractivity contribution in [2.75, 3.05) is 0 Å². The fourth-order valence-corrected chi connectivity index (χ4v) is 7.71. The molecule has 0 radical (unpaired) electrons. The summed E-state index contributed by atoms with van der Waals surface area (Å²) in [6, 6.07) is 68.6. The van der Waals surface area contributed by atoms with Crippen LogP contribution in [0, 0.1) is 0 Å². The number of aromatic nitrogens is 1. The summed E-state index contributed by atoms with van der Waals surface area (Å²) in [4.78, 5) is 0. The predicted octanol–water partition coefficient (Wildman–Crippen LogP) is 13.2. The lowest BCUT2D eigenvalue weighted by atomic mass is 9.94. The number of para-hydroxylation sites is 2. The molecule has 0 aliphatic carbocycles. The number of rotatable bonds is 5. The Morgan fingerprint density at radius 1 is 0.224 bits per heavy atom. The number of benzene rings is 8. The van der Waals surface area contributed by atoms with E-state index in [2.05, 4.69) is 192 Å². The third kappa shape index (κ3) is 4.55. The van der Waals surface area contributed by atoms with E-state index in [1.807, 2.05) is 0 Å². The molecule has 0 unspecified atom stereocenters. The molecule has 0 aliphatic rings. The molecule has 0 saturated carbocycles. The third-order valence-corrected chi connectivity index (χ3v) is 10.2. The molecular formula is C48H31N. The van der Waals surface area contributed by atoms with Gasteiger partial charge >= 0.3 is 0 Å². The predicted molar refractivity (Wildman–Crippen MR) is 208 cm³/mol. The maximum Gasteiger partial charge on any atom is 0.0620 e. The second-order valence-corrected chi connectivity index (χ2v) is 13.0. The first-order chi connectivity index (χ1) is 24.3. The molecule has 0 N–H and O–H groups in total. The standard InChI is InChI=1S/C48H31N/c1-2-9-32(10-3-1)33-19-21-34(22-20-33)35-23-25-36(26-24-35)37-11-6-12-38(29-37)39-13-7-14-40(30-39)41-27-28-47-45(31-41)44-17-8-16-43-42-15-4-5-18-46(42)49(47)48(43)44/h1-31H. The highest BCUT2D eigenvalue weighted by Gasteiger charge is 2.17. The molecule has 8 aromatic carbocycles. The van der Waals surface area contributed by atoms with E-state index >= 15 is 0 Å². The van der Waals surface area contributed by atoms with Crippen LogP contribution >= 0.6 is 0 Å². The largest absolute Gasteiger partial charge is 0.308 e. The van der Waals surface area contributed by atoms with Crippen LogP contribution in [0.3, 0.4) is 0 Å². The van der Waals surface area contributed by atoms with Crippen molar-refractivity contribution in [3.8, 4) is 55.6 Å². The molecule has 10 rings (SSSR count). The first-order valence-corrected chi connectivity index (χ1v) is 16.9. The fraction of sp³-hybridized carbons (Fsp3) is 0. The minimum absolute atomic E-state index is 1.21. The van der Waals surface area contributed by atoms with Gasteiger partial charge in [0.1, 0.15) is 0 Å². The molecule has 0 bridgehead atoms. The summed E-state index contributed by atoms with van der Waals surface area (Å²) < 4.78 is 2.44. The van der Waals surface area contributed by atoms with Gasteiger partial charge in [0, 0.05) is 21.5 Å². The summed E-state index contributed by atoms with van der Waals surface area (Å²) in [5.41, 5.74) is 16.1.